The van der Waals surface area contributed by atoms with Gasteiger partial charge in [0.05, 0.1) is 12.2 Å². The largest absolute Gasteiger partial charge is 0.392 e. The summed E-state index contributed by atoms with van der Waals surface area (Å²) in [6, 6.07) is 1.63. The molecule has 1 N–H and O–H groups in total. The number of carbonyl (C=O) groups is 1. The molecule has 13 heavy (non-hydrogen) atoms. The van der Waals surface area contributed by atoms with Crippen LogP contribution in [0.1, 0.15) is 15.9 Å². The van der Waals surface area contributed by atoms with Gasteiger partial charge in [0.15, 0.2) is 0 Å². The number of nitrogens with zero attached hydrogens (tertiary/aromatic N) is 2. The summed E-state index contributed by atoms with van der Waals surface area (Å²) in [6.45, 7) is -0.0957. The summed E-state index contributed by atoms with van der Waals surface area (Å²) in [6.07, 6.45) is 3.02. The first kappa shape index (κ1) is 9.67. The second kappa shape index (κ2) is 4.00. The first-order valence-corrected chi connectivity index (χ1v) is 3.91. The number of amides is 1. The molecule has 0 saturated carbocycles. The third kappa shape index (κ3) is 2.26. The number of aliphatic hydroxyl groups is 1. The van der Waals surface area contributed by atoms with Crippen molar-refractivity contribution in [1.82, 2.24) is 9.88 Å². The minimum Gasteiger partial charge on any atom is -0.392 e. The molecule has 4 nitrogen and oxygen atoms in total. The average Bonchev–Trinajstić information content (AvgIpc) is 2.16. The Hall–Kier alpha value is -1.42. The summed E-state index contributed by atoms with van der Waals surface area (Å²) in [5.74, 6) is -0.109. The number of pyridine rings is 1. The molecule has 0 fully saturated rings. The quantitative estimate of drug-likeness (QED) is 0.711. The van der Waals surface area contributed by atoms with Gasteiger partial charge in [0.2, 0.25) is 0 Å². The number of aromatic nitrogens is 1. The van der Waals surface area contributed by atoms with Crippen molar-refractivity contribution in [3.63, 3.8) is 0 Å². The lowest BCUT2D eigenvalue weighted by Crippen LogP contribution is -2.21. The van der Waals surface area contributed by atoms with Crippen LogP contribution in [0.4, 0.5) is 0 Å². The summed E-state index contributed by atoms with van der Waals surface area (Å²) < 4.78 is 0. The zero-order valence-corrected chi connectivity index (χ0v) is 7.69. The summed E-state index contributed by atoms with van der Waals surface area (Å²) in [5.41, 5.74) is 1.14. The van der Waals surface area contributed by atoms with E-state index in [1.807, 2.05) is 0 Å². The molecule has 0 radical (unpaired) electrons. The van der Waals surface area contributed by atoms with Crippen molar-refractivity contribution >= 4 is 5.91 Å². The number of carbonyl (C=O) groups excluding carboxylic acids is 1. The van der Waals surface area contributed by atoms with Crippen LogP contribution in [-0.2, 0) is 6.61 Å². The fourth-order valence-electron chi connectivity index (χ4n) is 0.949. The summed E-state index contributed by atoms with van der Waals surface area (Å²) >= 11 is 0. The predicted molar refractivity (Wildman–Crippen MR) is 48.2 cm³/mol. The maximum Gasteiger partial charge on any atom is 0.254 e. The van der Waals surface area contributed by atoms with Gasteiger partial charge in [-0.3, -0.25) is 9.78 Å². The Morgan fingerprint density at radius 1 is 1.54 bits per heavy atom. The van der Waals surface area contributed by atoms with Gasteiger partial charge >= 0.3 is 0 Å². The third-order valence-electron chi connectivity index (χ3n) is 1.63. The van der Waals surface area contributed by atoms with Gasteiger partial charge < -0.3 is 10.0 Å². The Labute approximate surface area is 76.8 Å². The minimum absolute atomic E-state index is 0.0957. The molecule has 0 bridgehead atoms. The van der Waals surface area contributed by atoms with Crippen LogP contribution in [0, 0.1) is 0 Å². The van der Waals surface area contributed by atoms with E-state index < -0.39 is 0 Å². The predicted octanol–water partition coefficient (Wildman–Crippen LogP) is 0.276. The van der Waals surface area contributed by atoms with Gasteiger partial charge in [0.25, 0.3) is 5.91 Å². The van der Waals surface area contributed by atoms with Crippen LogP contribution in [0.5, 0.6) is 0 Å². The number of hydrogen-bond acceptors (Lipinski definition) is 3. The summed E-state index contributed by atoms with van der Waals surface area (Å²) in [7, 11) is 3.35. The molecule has 0 saturated heterocycles. The monoisotopic (exact) mass is 180 g/mol. The van der Waals surface area contributed by atoms with Crippen molar-refractivity contribution in [3.8, 4) is 0 Å². The molecule has 0 aromatic carbocycles. The highest BCUT2D eigenvalue weighted by atomic mass is 16.3. The number of hydrogen-bond donors (Lipinski definition) is 1. The molecular weight excluding hydrogens is 168 g/mol. The molecular formula is C9H12N2O2. The highest BCUT2D eigenvalue weighted by Gasteiger charge is 2.07. The van der Waals surface area contributed by atoms with Crippen molar-refractivity contribution in [3.05, 3.63) is 29.6 Å². The van der Waals surface area contributed by atoms with Gasteiger partial charge in [-0.05, 0) is 11.6 Å². The molecule has 4 heteroatoms. The van der Waals surface area contributed by atoms with Crippen LogP contribution in [0.2, 0.25) is 0 Å². The Balaban J connectivity index is 2.95. The van der Waals surface area contributed by atoms with Crippen LogP contribution in [0.15, 0.2) is 18.5 Å². The maximum atomic E-state index is 11.4. The van der Waals surface area contributed by atoms with Gasteiger partial charge in [-0.25, -0.2) is 0 Å². The molecule has 1 heterocycles. The second-order valence-corrected chi connectivity index (χ2v) is 2.94. The second-order valence-electron chi connectivity index (χ2n) is 2.94. The number of rotatable bonds is 2. The van der Waals surface area contributed by atoms with Gasteiger partial charge in [-0.2, -0.15) is 0 Å². The highest BCUT2D eigenvalue weighted by Crippen LogP contribution is 2.04. The van der Waals surface area contributed by atoms with Crippen LogP contribution in [-0.4, -0.2) is 35.0 Å². The van der Waals surface area contributed by atoms with Gasteiger partial charge in [0, 0.05) is 26.5 Å². The lowest BCUT2D eigenvalue weighted by Gasteiger charge is -2.09. The van der Waals surface area contributed by atoms with Crippen LogP contribution in [0.3, 0.4) is 0 Å². The van der Waals surface area contributed by atoms with E-state index in [1.165, 1.54) is 17.3 Å². The van der Waals surface area contributed by atoms with Crippen molar-refractivity contribution in [2.24, 2.45) is 0 Å². The normalized spacial score (nSPS) is 9.77. The zero-order valence-electron chi connectivity index (χ0n) is 7.69. The molecule has 0 atom stereocenters. The Kier molecular flexibility index (Phi) is 2.97. The fourth-order valence-corrected chi connectivity index (χ4v) is 0.949. The van der Waals surface area contributed by atoms with E-state index >= 15 is 0 Å². The van der Waals surface area contributed by atoms with Gasteiger partial charge in [-0.15, -0.1) is 0 Å². The van der Waals surface area contributed by atoms with Crippen molar-refractivity contribution in [2.45, 2.75) is 6.61 Å². The summed E-state index contributed by atoms with van der Waals surface area (Å²) in [5, 5.41) is 8.82. The maximum absolute atomic E-state index is 11.4. The molecule has 0 spiro atoms. The molecule has 1 amide bonds. The van der Waals surface area contributed by atoms with E-state index in [0.29, 0.717) is 11.1 Å². The SMILES string of the molecule is CN(C)C(=O)c1cncc(CO)c1. The van der Waals surface area contributed by atoms with Gasteiger partial charge in [0.1, 0.15) is 0 Å². The molecule has 0 aliphatic carbocycles. The van der Waals surface area contributed by atoms with E-state index in [2.05, 4.69) is 4.98 Å². The van der Waals surface area contributed by atoms with Crippen molar-refractivity contribution in [2.75, 3.05) is 14.1 Å². The van der Waals surface area contributed by atoms with E-state index in [4.69, 9.17) is 5.11 Å². The lowest BCUT2D eigenvalue weighted by molar-refractivity contribution is 0.0827. The molecule has 70 valence electrons. The van der Waals surface area contributed by atoms with Crippen molar-refractivity contribution in [1.29, 1.82) is 0 Å². The van der Waals surface area contributed by atoms with E-state index in [-0.39, 0.29) is 12.5 Å². The first-order chi connectivity index (χ1) is 6.15. The van der Waals surface area contributed by atoms with Crippen LogP contribution < -0.4 is 0 Å². The standard InChI is InChI=1S/C9H12N2O2/c1-11(2)9(13)8-3-7(6-12)4-10-5-8/h3-5,12H,6H2,1-2H3. The molecule has 1 aromatic rings. The topological polar surface area (TPSA) is 53.4 Å². The zero-order chi connectivity index (χ0) is 9.84. The molecule has 0 aliphatic heterocycles. The molecule has 0 unspecified atom stereocenters. The summed E-state index contributed by atoms with van der Waals surface area (Å²) in [4.78, 5) is 16.7. The van der Waals surface area contributed by atoms with E-state index in [1.54, 1.807) is 20.2 Å². The fraction of sp³-hybridized carbons (Fsp3) is 0.333. The number of aliphatic hydroxyl groups excluding tert-OH is 1. The molecule has 0 aliphatic rings. The Morgan fingerprint density at radius 2 is 2.23 bits per heavy atom. The van der Waals surface area contributed by atoms with Crippen LogP contribution >= 0.6 is 0 Å². The molecule has 1 rings (SSSR count). The van der Waals surface area contributed by atoms with E-state index in [0.717, 1.165) is 0 Å². The molecule has 1 aromatic heterocycles. The van der Waals surface area contributed by atoms with Crippen molar-refractivity contribution < 1.29 is 9.90 Å². The smallest absolute Gasteiger partial charge is 0.254 e. The third-order valence-corrected chi connectivity index (χ3v) is 1.63. The highest BCUT2D eigenvalue weighted by molar-refractivity contribution is 5.93. The lowest BCUT2D eigenvalue weighted by atomic mass is 10.2. The van der Waals surface area contributed by atoms with Gasteiger partial charge in [-0.1, -0.05) is 0 Å². The first-order valence-electron chi connectivity index (χ1n) is 3.91. The minimum atomic E-state index is -0.109. The van der Waals surface area contributed by atoms with Crippen LogP contribution in [0.25, 0.3) is 0 Å². The van der Waals surface area contributed by atoms with E-state index in [9.17, 15) is 4.79 Å². The average molecular weight is 180 g/mol. The Morgan fingerprint density at radius 3 is 2.77 bits per heavy atom. The Bertz CT molecular complexity index is 310.